The number of nitrogens with zero attached hydrogens (tertiary/aromatic N) is 4. The summed E-state index contributed by atoms with van der Waals surface area (Å²) in [6.45, 7) is 4.37. The summed E-state index contributed by atoms with van der Waals surface area (Å²) in [4.78, 5) is 14.5. The second kappa shape index (κ2) is 7.55. The molecular weight excluding hydrogens is 382 g/mol. The van der Waals surface area contributed by atoms with E-state index >= 15 is 0 Å². The highest BCUT2D eigenvalue weighted by Gasteiger charge is 2.34. The van der Waals surface area contributed by atoms with Crippen molar-refractivity contribution < 1.29 is 4.79 Å². The minimum absolute atomic E-state index is 0.0565. The summed E-state index contributed by atoms with van der Waals surface area (Å²) >= 11 is 1.42. The van der Waals surface area contributed by atoms with Crippen molar-refractivity contribution in [3.8, 4) is 11.4 Å². The van der Waals surface area contributed by atoms with Crippen LogP contribution in [0, 0.1) is 0 Å². The number of carbonyl (C=O) groups excluding carboxylic acids is 1. The van der Waals surface area contributed by atoms with E-state index in [0.29, 0.717) is 0 Å². The van der Waals surface area contributed by atoms with Crippen molar-refractivity contribution in [3.63, 3.8) is 0 Å². The van der Waals surface area contributed by atoms with Crippen LogP contribution in [0.2, 0.25) is 0 Å². The Morgan fingerprint density at radius 3 is 2.59 bits per heavy atom. The Hall–Kier alpha value is -2.80. The Morgan fingerprint density at radius 2 is 1.86 bits per heavy atom. The molecule has 150 valence electrons. The molecule has 2 aromatic carbocycles. The molecule has 7 heteroatoms. The maximum atomic E-state index is 12.5. The second-order valence-electron chi connectivity index (χ2n) is 8.07. The van der Waals surface area contributed by atoms with Gasteiger partial charge in [-0.3, -0.25) is 9.36 Å². The molecule has 4 rings (SSSR count). The lowest BCUT2D eigenvalue weighted by molar-refractivity contribution is -0.113. The average Bonchev–Trinajstić information content (AvgIpc) is 3.12. The Labute approximate surface area is 175 Å². The predicted molar refractivity (Wildman–Crippen MR) is 119 cm³/mol. The fraction of sp³-hybridized carbons (Fsp3) is 0.318. The lowest BCUT2D eigenvalue weighted by Gasteiger charge is -2.34. The monoisotopic (exact) mass is 407 g/mol. The number of amides is 1. The van der Waals surface area contributed by atoms with Crippen LogP contribution < -0.4 is 10.2 Å². The van der Waals surface area contributed by atoms with Crippen LogP contribution in [0.5, 0.6) is 0 Å². The number of carbonyl (C=O) groups is 1. The van der Waals surface area contributed by atoms with Crippen molar-refractivity contribution >= 4 is 29.0 Å². The van der Waals surface area contributed by atoms with E-state index in [-0.39, 0.29) is 17.2 Å². The van der Waals surface area contributed by atoms with E-state index in [1.54, 1.807) is 0 Å². The third kappa shape index (κ3) is 3.87. The lowest BCUT2D eigenvalue weighted by atomic mass is 9.87. The number of benzene rings is 2. The maximum Gasteiger partial charge on any atom is 0.234 e. The Kier molecular flexibility index (Phi) is 5.08. The molecule has 0 saturated heterocycles. The molecule has 2 heterocycles. The topological polar surface area (TPSA) is 63.1 Å². The maximum absolute atomic E-state index is 12.5. The van der Waals surface area contributed by atoms with E-state index in [1.807, 2.05) is 49.3 Å². The molecule has 1 aliphatic rings. The normalized spacial score (nSPS) is 14.1. The first-order chi connectivity index (χ1) is 13.8. The fourth-order valence-corrected chi connectivity index (χ4v) is 4.58. The number of nitrogens with one attached hydrogen (secondary N) is 1. The van der Waals surface area contributed by atoms with Crippen LogP contribution in [-0.2, 0) is 16.8 Å². The van der Waals surface area contributed by atoms with Crippen molar-refractivity contribution in [2.24, 2.45) is 0 Å². The summed E-state index contributed by atoms with van der Waals surface area (Å²) < 4.78 is 2.17. The van der Waals surface area contributed by atoms with Crippen LogP contribution in [0.4, 0.5) is 11.4 Å². The summed E-state index contributed by atoms with van der Waals surface area (Å²) in [6.07, 6.45) is 0.909. The standard InChI is InChI=1S/C22H25N5OS/c1-22(2)13-15-7-5-6-8-18(15)20-24-25-21(27(20)22)29-14-19(28)23-16-9-11-17(12-10-16)26(3)4/h5-12H,13-14H2,1-4H3,(H,23,28). The Bertz CT molecular complexity index is 1040. The molecule has 0 unspecified atom stereocenters. The van der Waals surface area contributed by atoms with Gasteiger partial charge in [0.05, 0.1) is 5.75 Å². The van der Waals surface area contributed by atoms with Gasteiger partial charge < -0.3 is 10.2 Å². The molecule has 1 amide bonds. The first-order valence-electron chi connectivity index (χ1n) is 9.59. The predicted octanol–water partition coefficient (Wildman–Crippen LogP) is 4.03. The number of rotatable bonds is 5. The van der Waals surface area contributed by atoms with Gasteiger partial charge in [-0.1, -0.05) is 36.0 Å². The third-order valence-corrected chi connectivity index (χ3v) is 6.05. The molecular formula is C22H25N5OS. The van der Waals surface area contributed by atoms with E-state index in [4.69, 9.17) is 0 Å². The van der Waals surface area contributed by atoms with Crippen molar-refractivity contribution in [2.45, 2.75) is 31.0 Å². The van der Waals surface area contributed by atoms with Gasteiger partial charge >= 0.3 is 0 Å². The second-order valence-corrected chi connectivity index (χ2v) is 9.01. The number of hydrogen-bond donors (Lipinski definition) is 1. The van der Waals surface area contributed by atoms with Crippen molar-refractivity contribution in [2.75, 3.05) is 30.1 Å². The zero-order valence-electron chi connectivity index (χ0n) is 17.1. The summed E-state index contributed by atoms with van der Waals surface area (Å²) in [5, 5.41) is 12.6. The first-order valence-corrected chi connectivity index (χ1v) is 10.6. The largest absolute Gasteiger partial charge is 0.378 e. The van der Waals surface area contributed by atoms with Gasteiger partial charge in [-0.25, -0.2) is 0 Å². The fourth-order valence-electron chi connectivity index (χ4n) is 3.69. The molecule has 1 N–H and O–H groups in total. The van der Waals surface area contributed by atoms with E-state index in [0.717, 1.165) is 34.3 Å². The quantitative estimate of drug-likeness (QED) is 0.647. The highest BCUT2D eigenvalue weighted by atomic mass is 32.2. The van der Waals surface area contributed by atoms with E-state index in [1.165, 1.54) is 17.3 Å². The Balaban J connectivity index is 1.47. The lowest BCUT2D eigenvalue weighted by Crippen LogP contribution is -2.33. The van der Waals surface area contributed by atoms with Crippen LogP contribution >= 0.6 is 11.8 Å². The molecule has 0 fully saturated rings. The van der Waals surface area contributed by atoms with E-state index < -0.39 is 0 Å². The zero-order chi connectivity index (χ0) is 20.6. The zero-order valence-corrected chi connectivity index (χ0v) is 18.0. The van der Waals surface area contributed by atoms with Gasteiger partial charge in [0.25, 0.3) is 0 Å². The molecule has 0 aliphatic carbocycles. The van der Waals surface area contributed by atoms with Crippen LogP contribution in [0.15, 0.2) is 53.7 Å². The molecule has 3 aromatic rings. The van der Waals surface area contributed by atoms with Gasteiger partial charge in [0, 0.05) is 36.6 Å². The molecule has 6 nitrogen and oxygen atoms in total. The van der Waals surface area contributed by atoms with Crippen LogP contribution in [0.3, 0.4) is 0 Å². The SMILES string of the molecule is CN(C)c1ccc(NC(=O)CSc2nnc3n2C(C)(C)Cc2ccccc2-3)cc1. The number of hydrogen-bond acceptors (Lipinski definition) is 5. The van der Waals surface area contributed by atoms with Gasteiger partial charge in [-0.2, -0.15) is 0 Å². The van der Waals surface area contributed by atoms with Gasteiger partial charge in [0.15, 0.2) is 11.0 Å². The molecule has 0 atom stereocenters. The average molecular weight is 408 g/mol. The van der Waals surface area contributed by atoms with Crippen LogP contribution in [0.25, 0.3) is 11.4 Å². The minimum atomic E-state index is -0.145. The summed E-state index contributed by atoms with van der Waals surface area (Å²) in [6, 6.07) is 16.1. The third-order valence-electron chi connectivity index (χ3n) is 5.12. The first kappa shape index (κ1) is 19.5. The number of aromatic nitrogens is 3. The van der Waals surface area contributed by atoms with Crippen molar-refractivity contribution in [1.82, 2.24) is 14.8 Å². The number of fused-ring (bicyclic) bond motifs is 3. The molecule has 1 aromatic heterocycles. The Morgan fingerprint density at radius 1 is 1.14 bits per heavy atom. The summed E-state index contributed by atoms with van der Waals surface area (Å²) in [7, 11) is 3.98. The van der Waals surface area contributed by atoms with Crippen molar-refractivity contribution in [1.29, 1.82) is 0 Å². The smallest absolute Gasteiger partial charge is 0.234 e. The van der Waals surface area contributed by atoms with Crippen LogP contribution in [0.1, 0.15) is 19.4 Å². The molecule has 0 bridgehead atoms. The molecule has 29 heavy (non-hydrogen) atoms. The van der Waals surface area contributed by atoms with Gasteiger partial charge in [0.2, 0.25) is 5.91 Å². The minimum Gasteiger partial charge on any atom is -0.378 e. The highest BCUT2D eigenvalue weighted by molar-refractivity contribution is 7.99. The number of thioether (sulfide) groups is 1. The molecule has 0 saturated carbocycles. The van der Waals surface area contributed by atoms with Gasteiger partial charge in [-0.05, 0) is 50.1 Å². The van der Waals surface area contributed by atoms with E-state index in [9.17, 15) is 4.79 Å². The molecule has 0 radical (unpaired) electrons. The summed E-state index contributed by atoms with van der Waals surface area (Å²) in [5.74, 6) is 1.10. The van der Waals surface area contributed by atoms with Crippen molar-refractivity contribution in [3.05, 3.63) is 54.1 Å². The van der Waals surface area contributed by atoms with Crippen LogP contribution in [-0.4, -0.2) is 40.5 Å². The highest BCUT2D eigenvalue weighted by Crippen LogP contribution is 2.39. The van der Waals surface area contributed by atoms with Gasteiger partial charge in [-0.15, -0.1) is 10.2 Å². The van der Waals surface area contributed by atoms with E-state index in [2.05, 4.69) is 52.1 Å². The number of anilines is 2. The molecule has 1 aliphatic heterocycles. The van der Waals surface area contributed by atoms with Gasteiger partial charge in [0.1, 0.15) is 0 Å². The summed E-state index contributed by atoms with van der Waals surface area (Å²) in [5.41, 5.74) is 4.15. The molecule has 0 spiro atoms.